The second-order valence-electron chi connectivity index (χ2n) is 10.5. The second-order valence-corrected chi connectivity index (χ2v) is 15.3. The van der Waals surface area contributed by atoms with E-state index in [1.807, 2.05) is 25.2 Å². The number of sulfone groups is 2. The molecule has 1 aliphatic carbocycles. The standard InChI is InChI=1S/C30H31NO4S2/c1-22-19-30(36(32,33)23-13-7-5-8-14-23,37(34,35)24-15-9-6-10-16-24)20-26(22)29(2,3)27-21-31(4)28-18-12-11-17-25(27)28/h5-18,21,26H,1,19-20H2,2-4H3/t26-/m0/s1. The first kappa shape index (κ1) is 25.5. The van der Waals surface area contributed by atoms with Crippen LogP contribution in [0.15, 0.2) is 113 Å². The maximum absolute atomic E-state index is 14.3. The number of fused-ring (bicyclic) bond motifs is 1. The Hall–Kier alpha value is -3.16. The summed E-state index contributed by atoms with van der Waals surface area (Å²) in [4.78, 5) is 0.0110. The van der Waals surface area contributed by atoms with Crippen LogP contribution in [0.5, 0.6) is 0 Å². The lowest BCUT2D eigenvalue weighted by Crippen LogP contribution is -2.45. The SMILES string of the molecule is C=C1CC(S(=O)(=O)c2ccccc2)(S(=O)(=O)c2ccccc2)C[C@@H]1C(C)(C)c1cn(C)c2ccccc12. The minimum absolute atomic E-state index is 0.00548. The van der Waals surface area contributed by atoms with Crippen LogP contribution in [0.3, 0.4) is 0 Å². The predicted octanol–water partition coefficient (Wildman–Crippen LogP) is 6.07. The summed E-state index contributed by atoms with van der Waals surface area (Å²) in [7, 11) is -6.63. The highest BCUT2D eigenvalue weighted by atomic mass is 32.3. The molecule has 37 heavy (non-hydrogen) atoms. The number of allylic oxidation sites excluding steroid dienone is 1. The van der Waals surface area contributed by atoms with E-state index >= 15 is 0 Å². The molecular formula is C30H31NO4S2. The molecule has 0 unspecified atom stereocenters. The highest BCUT2D eigenvalue weighted by Gasteiger charge is 2.63. The average molecular weight is 534 g/mol. The fourth-order valence-electron chi connectivity index (χ4n) is 5.99. The molecule has 0 aliphatic heterocycles. The molecule has 0 radical (unpaired) electrons. The monoisotopic (exact) mass is 533 g/mol. The second kappa shape index (κ2) is 8.71. The molecule has 4 aromatic rings. The summed E-state index contributed by atoms with van der Waals surface area (Å²) in [6, 6.07) is 23.9. The Balaban J connectivity index is 1.72. The average Bonchev–Trinajstić information content (AvgIpc) is 3.45. The number of para-hydroxylation sites is 1. The fraction of sp³-hybridized carbons (Fsp3) is 0.267. The molecule has 0 N–H and O–H groups in total. The molecule has 0 amide bonds. The van der Waals surface area contributed by atoms with Gasteiger partial charge in [0.15, 0.2) is 23.8 Å². The third kappa shape index (κ3) is 3.70. The van der Waals surface area contributed by atoms with Crippen LogP contribution in [-0.2, 0) is 32.1 Å². The maximum Gasteiger partial charge on any atom is 0.199 e. The smallest absolute Gasteiger partial charge is 0.199 e. The number of hydrogen-bond acceptors (Lipinski definition) is 4. The number of benzene rings is 3. The summed E-state index contributed by atoms with van der Waals surface area (Å²) in [5.74, 6) is -0.379. The molecule has 1 aromatic heterocycles. The van der Waals surface area contributed by atoms with E-state index < -0.39 is 29.2 Å². The summed E-state index contributed by atoms with van der Waals surface area (Å²) < 4.78 is 57.3. The molecule has 7 heteroatoms. The zero-order valence-corrected chi connectivity index (χ0v) is 22.9. The van der Waals surface area contributed by atoms with Crippen molar-refractivity contribution in [2.24, 2.45) is 13.0 Å². The summed E-state index contributed by atoms with van der Waals surface area (Å²) in [5, 5.41) is 1.07. The highest BCUT2D eigenvalue weighted by molar-refractivity contribution is 8.10. The summed E-state index contributed by atoms with van der Waals surface area (Å²) in [6.07, 6.45) is 1.84. The minimum atomic E-state index is -4.31. The molecule has 1 heterocycles. The van der Waals surface area contributed by atoms with Gasteiger partial charge in [-0.05, 0) is 53.6 Å². The van der Waals surface area contributed by atoms with Crippen molar-refractivity contribution in [3.63, 3.8) is 0 Å². The largest absolute Gasteiger partial charge is 0.350 e. The molecule has 1 aliphatic rings. The van der Waals surface area contributed by atoms with Gasteiger partial charge >= 0.3 is 0 Å². The number of aromatic nitrogens is 1. The van der Waals surface area contributed by atoms with Crippen molar-refractivity contribution in [1.29, 1.82) is 0 Å². The van der Waals surface area contributed by atoms with Gasteiger partial charge < -0.3 is 4.57 Å². The Labute approximate surface area is 219 Å². The van der Waals surface area contributed by atoms with Gasteiger partial charge in [0.25, 0.3) is 0 Å². The predicted molar refractivity (Wildman–Crippen MR) is 148 cm³/mol. The van der Waals surface area contributed by atoms with E-state index in [2.05, 4.69) is 37.3 Å². The van der Waals surface area contributed by atoms with Crippen molar-refractivity contribution < 1.29 is 16.8 Å². The van der Waals surface area contributed by atoms with Gasteiger partial charge in [-0.3, -0.25) is 0 Å². The Morgan fingerprint density at radius 2 is 1.30 bits per heavy atom. The van der Waals surface area contributed by atoms with Crippen molar-refractivity contribution >= 4 is 30.6 Å². The number of hydrogen-bond donors (Lipinski definition) is 0. The maximum atomic E-state index is 14.3. The zero-order chi connectivity index (χ0) is 26.6. The van der Waals surface area contributed by atoms with Crippen LogP contribution in [0.1, 0.15) is 32.3 Å². The lowest BCUT2D eigenvalue weighted by atomic mass is 9.71. The van der Waals surface area contributed by atoms with Gasteiger partial charge in [0.2, 0.25) is 0 Å². The lowest BCUT2D eigenvalue weighted by molar-refractivity contribution is 0.368. The first-order chi connectivity index (χ1) is 17.4. The van der Waals surface area contributed by atoms with E-state index in [9.17, 15) is 16.8 Å². The van der Waals surface area contributed by atoms with E-state index in [1.165, 1.54) is 24.3 Å². The Bertz CT molecular complexity index is 1630. The normalized spacial score (nSPS) is 18.4. The van der Waals surface area contributed by atoms with Gasteiger partial charge in [-0.2, -0.15) is 0 Å². The first-order valence-electron chi connectivity index (χ1n) is 12.2. The summed E-state index contributed by atoms with van der Waals surface area (Å²) in [5.41, 5.74) is 2.17. The van der Waals surface area contributed by atoms with E-state index in [1.54, 1.807) is 36.4 Å². The van der Waals surface area contributed by atoms with Crippen LogP contribution < -0.4 is 0 Å². The van der Waals surface area contributed by atoms with E-state index in [0.29, 0.717) is 5.57 Å². The van der Waals surface area contributed by atoms with Crippen LogP contribution in [0.25, 0.3) is 10.9 Å². The minimum Gasteiger partial charge on any atom is -0.350 e. The molecule has 0 spiro atoms. The van der Waals surface area contributed by atoms with Crippen LogP contribution in [0.4, 0.5) is 0 Å². The quantitative estimate of drug-likeness (QED) is 0.282. The fourth-order valence-corrected chi connectivity index (χ4v) is 11.1. The molecule has 0 bridgehead atoms. The molecule has 0 saturated heterocycles. The van der Waals surface area contributed by atoms with Crippen LogP contribution >= 0.6 is 0 Å². The van der Waals surface area contributed by atoms with Gasteiger partial charge in [-0.1, -0.05) is 80.6 Å². The van der Waals surface area contributed by atoms with Crippen molar-refractivity contribution in [2.45, 2.75) is 46.0 Å². The van der Waals surface area contributed by atoms with Gasteiger partial charge in [0.1, 0.15) is 0 Å². The topological polar surface area (TPSA) is 73.2 Å². The van der Waals surface area contributed by atoms with Crippen molar-refractivity contribution in [2.75, 3.05) is 0 Å². The Kier molecular flexibility index (Phi) is 6.00. The van der Waals surface area contributed by atoms with Crippen LogP contribution in [0, 0.1) is 5.92 Å². The molecule has 3 aromatic carbocycles. The molecule has 1 atom stereocenters. The third-order valence-corrected chi connectivity index (χ3v) is 13.7. The van der Waals surface area contributed by atoms with Crippen molar-refractivity contribution in [3.05, 3.63) is 109 Å². The molecular weight excluding hydrogens is 502 g/mol. The van der Waals surface area contributed by atoms with Crippen molar-refractivity contribution in [1.82, 2.24) is 4.57 Å². The van der Waals surface area contributed by atoms with E-state index in [4.69, 9.17) is 0 Å². The number of nitrogens with zero attached hydrogens (tertiary/aromatic N) is 1. The molecule has 5 rings (SSSR count). The summed E-state index contributed by atoms with van der Waals surface area (Å²) in [6.45, 7) is 8.41. The highest BCUT2D eigenvalue weighted by Crippen LogP contribution is 2.56. The lowest BCUT2D eigenvalue weighted by Gasteiger charge is -2.34. The third-order valence-electron chi connectivity index (χ3n) is 8.05. The van der Waals surface area contributed by atoms with Gasteiger partial charge in [0.05, 0.1) is 9.79 Å². The Morgan fingerprint density at radius 3 is 1.84 bits per heavy atom. The zero-order valence-electron chi connectivity index (χ0n) is 21.3. The number of rotatable bonds is 6. The van der Waals surface area contributed by atoms with E-state index in [0.717, 1.165) is 16.5 Å². The van der Waals surface area contributed by atoms with Gasteiger partial charge in [-0.25, -0.2) is 16.8 Å². The first-order valence-corrected chi connectivity index (χ1v) is 15.2. The number of aryl methyl sites for hydroxylation is 1. The van der Waals surface area contributed by atoms with Crippen LogP contribution in [0.2, 0.25) is 0 Å². The summed E-state index contributed by atoms with van der Waals surface area (Å²) >= 11 is 0. The molecule has 1 saturated carbocycles. The van der Waals surface area contributed by atoms with Gasteiger partial charge in [0, 0.05) is 30.6 Å². The molecule has 192 valence electrons. The van der Waals surface area contributed by atoms with Crippen molar-refractivity contribution in [3.8, 4) is 0 Å². The molecule has 5 nitrogen and oxygen atoms in total. The van der Waals surface area contributed by atoms with E-state index in [-0.39, 0.29) is 28.6 Å². The molecule has 1 fully saturated rings. The van der Waals surface area contributed by atoms with Crippen LogP contribution in [-0.4, -0.2) is 25.5 Å². The Morgan fingerprint density at radius 1 is 0.811 bits per heavy atom. The van der Waals surface area contributed by atoms with Gasteiger partial charge in [-0.15, -0.1) is 0 Å².